The van der Waals surface area contributed by atoms with E-state index in [4.69, 9.17) is 0 Å². The van der Waals surface area contributed by atoms with Crippen LogP contribution in [0.2, 0.25) is 0 Å². The molecule has 2 rings (SSSR count). The van der Waals surface area contributed by atoms with E-state index in [0.29, 0.717) is 6.04 Å². The highest BCUT2D eigenvalue weighted by Crippen LogP contribution is 2.15. The maximum absolute atomic E-state index is 10.5. The highest BCUT2D eigenvalue weighted by atomic mass is 16.1. The van der Waals surface area contributed by atoms with Gasteiger partial charge in [-0.05, 0) is 13.5 Å². The summed E-state index contributed by atoms with van der Waals surface area (Å²) in [5, 5.41) is 0. The standard InChI is InChI=1S/C10H18N3O/c1-11-4-6-13(7-5-11)10-2-3-12(8-10)9-14/h10H,2-8H2,1H3/t10-/m0/s1. The zero-order chi connectivity index (χ0) is 9.97. The largest absolute Gasteiger partial charge is 0.333 e. The SMILES string of the molecule is CN1CCN([C@H]2CCN([C]=O)C2)CC1. The summed E-state index contributed by atoms with van der Waals surface area (Å²) in [6.45, 7) is 6.37. The number of amides is 1. The number of rotatable bonds is 2. The number of piperazine rings is 1. The topological polar surface area (TPSA) is 26.8 Å². The molecule has 2 saturated heterocycles. The van der Waals surface area contributed by atoms with E-state index in [9.17, 15) is 4.79 Å². The molecule has 14 heavy (non-hydrogen) atoms. The van der Waals surface area contributed by atoms with Gasteiger partial charge in [0, 0.05) is 45.3 Å². The molecule has 0 aromatic rings. The van der Waals surface area contributed by atoms with Gasteiger partial charge in [0.2, 0.25) is 0 Å². The van der Waals surface area contributed by atoms with Crippen molar-refractivity contribution in [2.45, 2.75) is 12.5 Å². The summed E-state index contributed by atoms with van der Waals surface area (Å²) in [6, 6.07) is 0.588. The third kappa shape index (κ3) is 2.07. The molecule has 0 aromatic carbocycles. The van der Waals surface area contributed by atoms with Gasteiger partial charge in [-0.2, -0.15) is 0 Å². The second kappa shape index (κ2) is 4.28. The molecule has 0 bridgehead atoms. The summed E-state index contributed by atoms with van der Waals surface area (Å²) < 4.78 is 0. The summed E-state index contributed by atoms with van der Waals surface area (Å²) in [4.78, 5) is 17.1. The van der Waals surface area contributed by atoms with E-state index in [-0.39, 0.29) is 0 Å². The molecule has 2 aliphatic rings. The lowest BCUT2D eigenvalue weighted by Gasteiger charge is -2.36. The van der Waals surface area contributed by atoms with E-state index in [2.05, 4.69) is 16.8 Å². The monoisotopic (exact) mass is 196 g/mol. The molecule has 1 radical (unpaired) electrons. The first-order valence-electron chi connectivity index (χ1n) is 5.35. The Morgan fingerprint density at radius 1 is 1.14 bits per heavy atom. The first kappa shape index (κ1) is 9.93. The Balaban J connectivity index is 1.82. The van der Waals surface area contributed by atoms with Crippen molar-refractivity contribution in [3.8, 4) is 0 Å². The van der Waals surface area contributed by atoms with Crippen molar-refractivity contribution in [1.82, 2.24) is 14.7 Å². The molecule has 1 atom stereocenters. The van der Waals surface area contributed by atoms with Crippen LogP contribution in [-0.4, -0.2) is 73.5 Å². The Labute approximate surface area is 85.5 Å². The average Bonchev–Trinajstić information content (AvgIpc) is 2.67. The Bertz CT molecular complexity index is 202. The summed E-state index contributed by atoms with van der Waals surface area (Å²) >= 11 is 0. The van der Waals surface area contributed by atoms with Crippen molar-refractivity contribution in [2.24, 2.45) is 0 Å². The zero-order valence-electron chi connectivity index (χ0n) is 8.78. The van der Waals surface area contributed by atoms with Crippen molar-refractivity contribution in [2.75, 3.05) is 46.3 Å². The Morgan fingerprint density at radius 2 is 1.86 bits per heavy atom. The zero-order valence-corrected chi connectivity index (χ0v) is 8.78. The number of hydrogen-bond donors (Lipinski definition) is 0. The summed E-state index contributed by atoms with van der Waals surface area (Å²) in [6.07, 6.45) is 3.11. The van der Waals surface area contributed by atoms with Crippen LogP contribution in [0.15, 0.2) is 0 Å². The summed E-state index contributed by atoms with van der Waals surface area (Å²) in [5.74, 6) is 0. The minimum atomic E-state index is 0.588. The molecule has 79 valence electrons. The molecule has 2 aliphatic heterocycles. The molecule has 1 amide bonds. The minimum Gasteiger partial charge on any atom is -0.333 e. The van der Waals surface area contributed by atoms with Gasteiger partial charge in [0.05, 0.1) is 0 Å². The van der Waals surface area contributed by atoms with Gasteiger partial charge in [-0.15, -0.1) is 0 Å². The third-order valence-corrected chi connectivity index (χ3v) is 3.35. The van der Waals surface area contributed by atoms with Crippen LogP contribution in [0, 0.1) is 0 Å². The van der Waals surface area contributed by atoms with Gasteiger partial charge in [0.25, 0.3) is 0 Å². The van der Waals surface area contributed by atoms with E-state index < -0.39 is 0 Å². The van der Waals surface area contributed by atoms with E-state index >= 15 is 0 Å². The molecule has 0 saturated carbocycles. The first-order chi connectivity index (χ1) is 6.79. The smallest absolute Gasteiger partial charge is 0.312 e. The molecule has 0 N–H and O–H groups in total. The lowest BCUT2D eigenvalue weighted by molar-refractivity contribution is 0.116. The maximum Gasteiger partial charge on any atom is 0.312 e. The van der Waals surface area contributed by atoms with Crippen LogP contribution in [0.4, 0.5) is 0 Å². The number of carbonyl (C=O) groups excluding carboxylic acids is 1. The van der Waals surface area contributed by atoms with Crippen molar-refractivity contribution in [3.63, 3.8) is 0 Å². The molecule has 2 heterocycles. The summed E-state index contributed by atoms with van der Waals surface area (Å²) in [7, 11) is 2.16. The van der Waals surface area contributed by atoms with Gasteiger partial charge >= 0.3 is 6.41 Å². The number of likely N-dealkylation sites (N-methyl/N-ethyl adjacent to an activating group) is 1. The second-order valence-electron chi connectivity index (χ2n) is 4.32. The van der Waals surface area contributed by atoms with E-state index in [1.807, 2.05) is 6.41 Å². The fraction of sp³-hybridized carbons (Fsp3) is 0.900. The highest BCUT2D eigenvalue weighted by Gasteiger charge is 2.28. The summed E-state index contributed by atoms with van der Waals surface area (Å²) in [5.41, 5.74) is 0. The molecular formula is C10H18N3O. The fourth-order valence-electron chi connectivity index (χ4n) is 2.31. The lowest BCUT2D eigenvalue weighted by Crippen LogP contribution is -2.49. The van der Waals surface area contributed by atoms with Gasteiger partial charge in [0.15, 0.2) is 0 Å². The molecule has 4 nitrogen and oxygen atoms in total. The van der Waals surface area contributed by atoms with Gasteiger partial charge in [-0.3, -0.25) is 9.69 Å². The molecule has 0 aliphatic carbocycles. The van der Waals surface area contributed by atoms with Crippen molar-refractivity contribution in [3.05, 3.63) is 0 Å². The van der Waals surface area contributed by atoms with Crippen LogP contribution in [0.3, 0.4) is 0 Å². The average molecular weight is 196 g/mol. The van der Waals surface area contributed by atoms with Gasteiger partial charge in [0.1, 0.15) is 0 Å². The van der Waals surface area contributed by atoms with Gasteiger partial charge in [-0.1, -0.05) is 0 Å². The molecule has 2 fully saturated rings. The van der Waals surface area contributed by atoms with Crippen LogP contribution >= 0.6 is 0 Å². The predicted octanol–water partition coefficient (Wildman–Crippen LogP) is -0.625. The van der Waals surface area contributed by atoms with Crippen LogP contribution in [-0.2, 0) is 4.79 Å². The first-order valence-corrected chi connectivity index (χ1v) is 5.35. The van der Waals surface area contributed by atoms with E-state index in [0.717, 1.165) is 45.7 Å². The Hall–Kier alpha value is -0.610. The van der Waals surface area contributed by atoms with E-state index in [1.54, 1.807) is 4.90 Å². The van der Waals surface area contributed by atoms with Gasteiger partial charge < -0.3 is 9.80 Å². The quantitative estimate of drug-likeness (QED) is 0.588. The minimum absolute atomic E-state index is 0.588. The predicted molar refractivity (Wildman–Crippen MR) is 54.7 cm³/mol. The molecule has 0 spiro atoms. The Kier molecular flexibility index (Phi) is 3.03. The molecule has 0 unspecified atom stereocenters. The third-order valence-electron chi connectivity index (χ3n) is 3.35. The maximum atomic E-state index is 10.5. The number of nitrogens with zero attached hydrogens (tertiary/aromatic N) is 3. The van der Waals surface area contributed by atoms with Crippen LogP contribution in [0.25, 0.3) is 0 Å². The molecule has 0 aromatic heterocycles. The van der Waals surface area contributed by atoms with Crippen molar-refractivity contribution >= 4 is 6.41 Å². The fourth-order valence-corrected chi connectivity index (χ4v) is 2.31. The van der Waals surface area contributed by atoms with Crippen LogP contribution in [0.5, 0.6) is 0 Å². The van der Waals surface area contributed by atoms with Gasteiger partial charge in [-0.25, -0.2) is 0 Å². The number of likely N-dealkylation sites (tertiary alicyclic amines) is 1. The van der Waals surface area contributed by atoms with Crippen LogP contribution in [0.1, 0.15) is 6.42 Å². The van der Waals surface area contributed by atoms with E-state index in [1.165, 1.54) is 0 Å². The highest BCUT2D eigenvalue weighted by molar-refractivity contribution is 5.48. The van der Waals surface area contributed by atoms with Crippen LogP contribution < -0.4 is 0 Å². The number of hydrogen-bond acceptors (Lipinski definition) is 3. The lowest BCUT2D eigenvalue weighted by atomic mass is 10.2. The molecular weight excluding hydrogens is 178 g/mol. The van der Waals surface area contributed by atoms with Crippen molar-refractivity contribution < 1.29 is 4.79 Å². The molecule has 4 heteroatoms. The second-order valence-corrected chi connectivity index (χ2v) is 4.32. The Morgan fingerprint density at radius 3 is 2.43 bits per heavy atom. The van der Waals surface area contributed by atoms with Crippen molar-refractivity contribution in [1.29, 1.82) is 0 Å². The normalized spacial score (nSPS) is 30.9.